The van der Waals surface area contributed by atoms with Crippen molar-refractivity contribution in [2.75, 3.05) is 13.1 Å². The zero-order valence-electron chi connectivity index (χ0n) is 13.2. The number of hydrogen-bond donors (Lipinski definition) is 1. The van der Waals surface area contributed by atoms with E-state index in [2.05, 4.69) is 36.5 Å². The van der Waals surface area contributed by atoms with Gasteiger partial charge in [-0.2, -0.15) is 0 Å². The predicted molar refractivity (Wildman–Crippen MR) is 84.6 cm³/mol. The second kappa shape index (κ2) is 8.75. The highest BCUT2D eigenvalue weighted by molar-refractivity contribution is 5.81. The van der Waals surface area contributed by atoms with Gasteiger partial charge >= 0.3 is 0 Å². The molecule has 0 heterocycles. The molecule has 20 heavy (non-hydrogen) atoms. The number of likely N-dealkylation sites (N-methyl/N-ethyl adjacent to an activating group) is 1. The Morgan fingerprint density at radius 3 is 2.25 bits per heavy atom. The minimum Gasteiger partial charge on any atom is -0.342 e. The van der Waals surface area contributed by atoms with Crippen LogP contribution in [0.5, 0.6) is 0 Å². The molecule has 0 saturated carbocycles. The molecule has 0 spiro atoms. The van der Waals surface area contributed by atoms with E-state index in [0.29, 0.717) is 0 Å². The van der Waals surface area contributed by atoms with E-state index in [1.807, 2.05) is 31.7 Å². The fourth-order valence-corrected chi connectivity index (χ4v) is 2.50. The van der Waals surface area contributed by atoms with Crippen molar-refractivity contribution in [1.29, 1.82) is 0 Å². The smallest absolute Gasteiger partial charge is 0.239 e. The zero-order valence-corrected chi connectivity index (χ0v) is 13.2. The molecule has 0 saturated heterocycles. The third-order valence-corrected chi connectivity index (χ3v) is 3.68. The zero-order chi connectivity index (χ0) is 15.0. The molecular formula is C17H28N2O. The highest BCUT2D eigenvalue weighted by atomic mass is 16.2. The lowest BCUT2D eigenvalue weighted by molar-refractivity contribution is -0.132. The Balaban J connectivity index is 2.73. The molecule has 1 amide bonds. The van der Waals surface area contributed by atoms with Gasteiger partial charge in [-0.05, 0) is 32.8 Å². The lowest BCUT2D eigenvalue weighted by Gasteiger charge is -2.27. The molecule has 3 nitrogen and oxygen atoms in total. The minimum absolute atomic E-state index is 0.147. The number of benzene rings is 1. The quantitative estimate of drug-likeness (QED) is 0.789. The lowest BCUT2D eigenvalue weighted by atomic mass is 10.0. The van der Waals surface area contributed by atoms with Crippen LogP contribution < -0.4 is 5.32 Å². The Hall–Kier alpha value is -1.35. The fraction of sp³-hybridized carbons (Fsp3) is 0.588. The number of carbonyl (C=O) groups is 1. The summed E-state index contributed by atoms with van der Waals surface area (Å²) in [4.78, 5) is 14.2. The summed E-state index contributed by atoms with van der Waals surface area (Å²) in [5, 5.41) is 3.49. The molecule has 0 aliphatic carbocycles. The van der Waals surface area contributed by atoms with E-state index in [1.54, 1.807) is 0 Å². The summed E-state index contributed by atoms with van der Waals surface area (Å²) in [7, 11) is 0. The van der Waals surface area contributed by atoms with E-state index in [9.17, 15) is 4.79 Å². The highest BCUT2D eigenvalue weighted by Crippen LogP contribution is 2.19. The van der Waals surface area contributed by atoms with E-state index in [1.165, 1.54) is 5.56 Å². The van der Waals surface area contributed by atoms with Gasteiger partial charge in [0.25, 0.3) is 0 Å². The molecule has 1 aromatic rings. The molecule has 1 aromatic carbocycles. The Bertz CT molecular complexity index is 387. The number of amides is 1. The third kappa shape index (κ3) is 4.64. The highest BCUT2D eigenvalue weighted by Gasteiger charge is 2.21. The van der Waals surface area contributed by atoms with Gasteiger partial charge < -0.3 is 4.90 Å². The molecule has 3 heteroatoms. The molecule has 2 unspecified atom stereocenters. The first-order chi connectivity index (χ1) is 9.63. The topological polar surface area (TPSA) is 32.3 Å². The van der Waals surface area contributed by atoms with Crippen LogP contribution in [0.3, 0.4) is 0 Å². The lowest BCUT2D eigenvalue weighted by Crippen LogP contribution is -2.45. The summed E-state index contributed by atoms with van der Waals surface area (Å²) in [5.41, 5.74) is 1.26. The summed E-state index contributed by atoms with van der Waals surface area (Å²) >= 11 is 0. The van der Waals surface area contributed by atoms with Crippen molar-refractivity contribution in [2.24, 2.45) is 0 Å². The van der Waals surface area contributed by atoms with Gasteiger partial charge in [0.1, 0.15) is 0 Å². The normalized spacial score (nSPS) is 13.8. The summed E-state index contributed by atoms with van der Waals surface area (Å²) < 4.78 is 0. The van der Waals surface area contributed by atoms with Crippen molar-refractivity contribution in [2.45, 2.75) is 52.6 Å². The molecule has 0 radical (unpaired) electrons. The first-order valence-corrected chi connectivity index (χ1v) is 7.73. The number of hydrogen-bond acceptors (Lipinski definition) is 2. The molecular weight excluding hydrogens is 248 g/mol. The van der Waals surface area contributed by atoms with Crippen LogP contribution in [-0.4, -0.2) is 29.9 Å². The Labute approximate surface area is 123 Å². The Kier molecular flexibility index (Phi) is 7.31. The molecule has 0 aliphatic rings. The van der Waals surface area contributed by atoms with E-state index in [0.717, 1.165) is 25.9 Å². The van der Waals surface area contributed by atoms with E-state index in [4.69, 9.17) is 0 Å². The number of nitrogens with zero attached hydrogens (tertiary/aromatic N) is 1. The number of carbonyl (C=O) groups excluding carboxylic acids is 1. The van der Waals surface area contributed by atoms with Gasteiger partial charge in [0.15, 0.2) is 0 Å². The van der Waals surface area contributed by atoms with Crippen LogP contribution in [0.2, 0.25) is 0 Å². The van der Waals surface area contributed by atoms with Crippen LogP contribution in [0.1, 0.15) is 52.1 Å². The van der Waals surface area contributed by atoms with Gasteiger partial charge in [0.2, 0.25) is 5.91 Å². The van der Waals surface area contributed by atoms with Gasteiger partial charge in [-0.25, -0.2) is 0 Å². The average Bonchev–Trinajstić information content (AvgIpc) is 2.48. The van der Waals surface area contributed by atoms with E-state index in [-0.39, 0.29) is 18.0 Å². The van der Waals surface area contributed by atoms with Crippen molar-refractivity contribution in [3.63, 3.8) is 0 Å². The van der Waals surface area contributed by atoms with E-state index < -0.39 is 0 Å². The Morgan fingerprint density at radius 2 is 1.75 bits per heavy atom. The van der Waals surface area contributed by atoms with E-state index >= 15 is 0 Å². The number of nitrogens with one attached hydrogen (secondary N) is 1. The van der Waals surface area contributed by atoms with Crippen LogP contribution >= 0.6 is 0 Å². The van der Waals surface area contributed by atoms with Crippen LogP contribution in [-0.2, 0) is 4.79 Å². The maximum absolute atomic E-state index is 12.3. The van der Waals surface area contributed by atoms with Gasteiger partial charge in [-0.15, -0.1) is 0 Å². The van der Waals surface area contributed by atoms with Gasteiger partial charge in [0.05, 0.1) is 6.04 Å². The van der Waals surface area contributed by atoms with Gasteiger partial charge in [0, 0.05) is 19.1 Å². The van der Waals surface area contributed by atoms with Crippen molar-refractivity contribution in [1.82, 2.24) is 10.2 Å². The van der Waals surface area contributed by atoms with Crippen molar-refractivity contribution >= 4 is 5.91 Å². The van der Waals surface area contributed by atoms with Gasteiger partial charge in [-0.1, -0.05) is 43.7 Å². The molecule has 0 bridgehead atoms. The van der Waals surface area contributed by atoms with Crippen molar-refractivity contribution < 1.29 is 4.79 Å². The average molecular weight is 276 g/mol. The van der Waals surface area contributed by atoms with Crippen molar-refractivity contribution in [3.8, 4) is 0 Å². The standard InChI is InChI=1S/C17H28N2O/c1-5-11-16(15-12-9-8-10-13-15)18-14(4)17(20)19(6-2)7-3/h8-10,12-14,16,18H,5-7,11H2,1-4H3. The summed E-state index contributed by atoms with van der Waals surface area (Å²) in [6.45, 7) is 9.72. The van der Waals surface area contributed by atoms with Crippen molar-refractivity contribution in [3.05, 3.63) is 35.9 Å². The molecule has 112 valence electrons. The minimum atomic E-state index is -0.147. The van der Waals surface area contributed by atoms with Crippen LogP contribution in [0, 0.1) is 0 Å². The molecule has 2 atom stereocenters. The summed E-state index contributed by atoms with van der Waals surface area (Å²) in [5.74, 6) is 0.187. The first-order valence-electron chi connectivity index (χ1n) is 7.73. The van der Waals surface area contributed by atoms with Crippen LogP contribution in [0.25, 0.3) is 0 Å². The maximum Gasteiger partial charge on any atom is 0.239 e. The summed E-state index contributed by atoms with van der Waals surface area (Å²) in [6.07, 6.45) is 2.14. The SMILES string of the molecule is CCCC(NC(C)C(=O)N(CC)CC)c1ccccc1. The molecule has 0 aromatic heterocycles. The fourth-order valence-electron chi connectivity index (χ4n) is 2.50. The maximum atomic E-state index is 12.3. The number of rotatable bonds is 8. The van der Waals surface area contributed by atoms with Gasteiger partial charge in [-0.3, -0.25) is 10.1 Å². The predicted octanol–water partition coefficient (Wildman–Crippen LogP) is 3.37. The molecule has 0 aliphatic heterocycles. The third-order valence-electron chi connectivity index (χ3n) is 3.68. The summed E-state index contributed by atoms with van der Waals surface area (Å²) in [6, 6.07) is 10.5. The molecule has 1 rings (SSSR count). The molecule has 1 N–H and O–H groups in total. The molecule has 0 fully saturated rings. The Morgan fingerprint density at radius 1 is 1.15 bits per heavy atom. The van der Waals surface area contributed by atoms with Crippen LogP contribution in [0.4, 0.5) is 0 Å². The largest absolute Gasteiger partial charge is 0.342 e. The van der Waals surface area contributed by atoms with Crippen LogP contribution in [0.15, 0.2) is 30.3 Å². The second-order valence-corrected chi connectivity index (χ2v) is 5.15. The second-order valence-electron chi connectivity index (χ2n) is 5.15. The monoisotopic (exact) mass is 276 g/mol. The first kappa shape index (κ1) is 16.7.